The molecule has 0 saturated carbocycles. The zero-order valence-electron chi connectivity index (χ0n) is 12.3. The summed E-state index contributed by atoms with van der Waals surface area (Å²) < 4.78 is 26.4. The van der Waals surface area contributed by atoms with Gasteiger partial charge in [-0.05, 0) is 24.3 Å². The van der Waals surface area contributed by atoms with Crippen LogP contribution in [0.2, 0.25) is 0 Å². The third kappa shape index (κ3) is 3.54. The predicted molar refractivity (Wildman–Crippen MR) is 87.3 cm³/mol. The summed E-state index contributed by atoms with van der Waals surface area (Å²) in [5, 5.41) is 2.60. The van der Waals surface area contributed by atoms with Gasteiger partial charge in [-0.3, -0.25) is 4.79 Å². The van der Waals surface area contributed by atoms with Crippen LogP contribution >= 0.6 is 11.3 Å². The summed E-state index contributed by atoms with van der Waals surface area (Å²) in [4.78, 5) is 21.3. The van der Waals surface area contributed by atoms with Crippen molar-refractivity contribution < 1.29 is 13.6 Å². The first-order valence-corrected chi connectivity index (χ1v) is 7.75. The van der Waals surface area contributed by atoms with Crippen LogP contribution in [0.4, 0.5) is 14.7 Å². The van der Waals surface area contributed by atoms with Crippen LogP contribution in [-0.4, -0.2) is 15.9 Å². The van der Waals surface area contributed by atoms with E-state index in [1.54, 1.807) is 18.2 Å². The molecule has 0 saturated heterocycles. The molecular formula is C16H12F2N4OS. The van der Waals surface area contributed by atoms with E-state index in [1.807, 2.05) is 0 Å². The molecule has 0 spiro atoms. The molecule has 2 aromatic heterocycles. The van der Waals surface area contributed by atoms with E-state index >= 15 is 0 Å². The van der Waals surface area contributed by atoms with Crippen molar-refractivity contribution in [3.8, 4) is 10.6 Å². The second-order valence-corrected chi connectivity index (χ2v) is 5.97. The predicted octanol–water partition coefficient (Wildman–Crippen LogP) is 3.00. The maximum atomic E-state index is 13.6. The zero-order chi connectivity index (χ0) is 17.1. The van der Waals surface area contributed by atoms with Gasteiger partial charge in [-0.2, -0.15) is 0 Å². The van der Waals surface area contributed by atoms with Crippen molar-refractivity contribution >= 4 is 23.2 Å². The number of rotatable bonds is 4. The highest BCUT2D eigenvalue weighted by Crippen LogP contribution is 2.26. The van der Waals surface area contributed by atoms with E-state index in [4.69, 9.17) is 5.73 Å². The Hall–Kier alpha value is -2.87. The molecule has 8 heteroatoms. The fourth-order valence-electron chi connectivity index (χ4n) is 2.04. The lowest BCUT2D eigenvalue weighted by molar-refractivity contribution is 0.0954. The lowest BCUT2D eigenvalue weighted by Crippen LogP contribution is -2.22. The van der Waals surface area contributed by atoms with Crippen molar-refractivity contribution in [1.82, 2.24) is 15.3 Å². The number of carbonyl (C=O) groups is 1. The first-order chi connectivity index (χ1) is 11.5. The van der Waals surface area contributed by atoms with Gasteiger partial charge >= 0.3 is 0 Å². The van der Waals surface area contributed by atoms with E-state index in [0.717, 1.165) is 17.0 Å². The zero-order valence-corrected chi connectivity index (χ0v) is 13.1. The second-order valence-electron chi connectivity index (χ2n) is 4.88. The number of amides is 1. The van der Waals surface area contributed by atoms with Gasteiger partial charge in [0.15, 0.2) is 0 Å². The number of anilines is 1. The van der Waals surface area contributed by atoms with E-state index in [1.165, 1.54) is 23.6 Å². The minimum absolute atomic E-state index is 0.0291. The maximum Gasteiger partial charge on any atom is 0.261 e. The summed E-state index contributed by atoms with van der Waals surface area (Å²) in [6.45, 7) is -0.0291. The van der Waals surface area contributed by atoms with E-state index in [0.29, 0.717) is 10.6 Å². The number of nitrogens with one attached hydrogen (secondary N) is 1. The van der Waals surface area contributed by atoms with Gasteiger partial charge < -0.3 is 11.1 Å². The van der Waals surface area contributed by atoms with Gasteiger partial charge in [0.25, 0.3) is 5.91 Å². The molecule has 2 heterocycles. The largest absolute Gasteiger partial charge is 0.368 e. The molecular weight excluding hydrogens is 334 g/mol. The van der Waals surface area contributed by atoms with Crippen molar-refractivity contribution in [2.24, 2.45) is 0 Å². The first-order valence-electron chi connectivity index (χ1n) is 6.94. The van der Waals surface area contributed by atoms with Crippen molar-refractivity contribution in [1.29, 1.82) is 0 Å². The second kappa shape index (κ2) is 6.71. The lowest BCUT2D eigenvalue weighted by atomic mass is 10.2. The molecule has 1 aromatic carbocycles. The van der Waals surface area contributed by atoms with E-state index < -0.39 is 11.6 Å². The average molecular weight is 346 g/mol. The molecule has 0 aliphatic heterocycles. The Balaban J connectivity index is 1.70. The molecule has 0 radical (unpaired) electrons. The molecule has 0 fully saturated rings. The summed E-state index contributed by atoms with van der Waals surface area (Å²) in [6, 6.07) is 8.32. The summed E-state index contributed by atoms with van der Waals surface area (Å²) >= 11 is 1.23. The first kappa shape index (κ1) is 16.0. The van der Waals surface area contributed by atoms with Gasteiger partial charge in [0, 0.05) is 24.4 Å². The molecule has 0 aliphatic carbocycles. The van der Waals surface area contributed by atoms with Gasteiger partial charge in [-0.15, -0.1) is 11.3 Å². The van der Waals surface area contributed by atoms with Gasteiger partial charge in [0.2, 0.25) is 5.95 Å². The van der Waals surface area contributed by atoms with Gasteiger partial charge in [-0.1, -0.05) is 6.07 Å². The summed E-state index contributed by atoms with van der Waals surface area (Å²) in [7, 11) is 0. The standard InChI is InChI=1S/C16H12F2N4OS/c17-10-2-1-9(11(18)7-10)8-21-15(23)14-4-3-13(24-14)12-5-6-20-16(19)22-12/h1-7H,8H2,(H,21,23)(H2,19,20,22). The Kier molecular flexibility index (Phi) is 4.48. The van der Waals surface area contributed by atoms with Crippen molar-refractivity contribution in [3.63, 3.8) is 0 Å². The number of carbonyl (C=O) groups excluding carboxylic acids is 1. The number of aromatic nitrogens is 2. The van der Waals surface area contributed by atoms with Crippen molar-refractivity contribution in [3.05, 3.63) is 64.7 Å². The van der Waals surface area contributed by atoms with Gasteiger partial charge in [-0.25, -0.2) is 18.7 Å². The van der Waals surface area contributed by atoms with Gasteiger partial charge in [0.1, 0.15) is 11.6 Å². The van der Waals surface area contributed by atoms with Gasteiger partial charge in [0.05, 0.1) is 15.4 Å². The molecule has 24 heavy (non-hydrogen) atoms. The number of nitrogens with zero attached hydrogens (tertiary/aromatic N) is 2. The van der Waals surface area contributed by atoms with Crippen molar-refractivity contribution in [2.75, 3.05) is 5.73 Å². The van der Waals surface area contributed by atoms with Crippen LogP contribution in [0.1, 0.15) is 15.2 Å². The molecule has 0 atom stereocenters. The Morgan fingerprint density at radius 1 is 1.21 bits per heavy atom. The minimum Gasteiger partial charge on any atom is -0.368 e. The Bertz CT molecular complexity index is 897. The fraction of sp³-hybridized carbons (Fsp3) is 0.0625. The van der Waals surface area contributed by atoms with Crippen LogP contribution < -0.4 is 11.1 Å². The highest BCUT2D eigenvalue weighted by molar-refractivity contribution is 7.17. The Morgan fingerprint density at radius 2 is 2.04 bits per heavy atom. The SMILES string of the molecule is Nc1nccc(-c2ccc(C(=O)NCc3ccc(F)cc3F)s2)n1. The lowest BCUT2D eigenvalue weighted by Gasteiger charge is -2.05. The smallest absolute Gasteiger partial charge is 0.261 e. The minimum atomic E-state index is -0.696. The number of thiophene rings is 1. The third-order valence-electron chi connectivity index (χ3n) is 3.21. The molecule has 122 valence electrons. The summed E-state index contributed by atoms with van der Waals surface area (Å²) in [5.41, 5.74) is 6.37. The molecule has 1 amide bonds. The Labute approximate surface area is 140 Å². The molecule has 3 aromatic rings. The highest BCUT2D eigenvalue weighted by Gasteiger charge is 2.12. The average Bonchev–Trinajstić information content (AvgIpc) is 3.04. The number of nitrogens with two attached hydrogens (primary N) is 1. The number of nitrogen functional groups attached to an aromatic ring is 1. The van der Waals surface area contributed by atoms with E-state index in [-0.39, 0.29) is 24.0 Å². The summed E-state index contributed by atoms with van der Waals surface area (Å²) in [5.74, 6) is -1.55. The maximum absolute atomic E-state index is 13.6. The normalized spacial score (nSPS) is 10.6. The summed E-state index contributed by atoms with van der Waals surface area (Å²) in [6.07, 6.45) is 1.54. The van der Waals surface area contributed by atoms with Crippen molar-refractivity contribution in [2.45, 2.75) is 6.54 Å². The molecule has 0 bridgehead atoms. The topological polar surface area (TPSA) is 80.9 Å². The van der Waals surface area contributed by atoms with Crippen LogP contribution in [0, 0.1) is 11.6 Å². The monoisotopic (exact) mass is 346 g/mol. The molecule has 0 unspecified atom stereocenters. The van der Waals surface area contributed by atoms with Crippen LogP contribution in [0.3, 0.4) is 0 Å². The number of hydrogen-bond donors (Lipinski definition) is 2. The quantitative estimate of drug-likeness (QED) is 0.761. The molecule has 0 aliphatic rings. The van der Waals surface area contributed by atoms with E-state index in [9.17, 15) is 13.6 Å². The van der Waals surface area contributed by atoms with E-state index in [2.05, 4.69) is 15.3 Å². The van der Waals surface area contributed by atoms with Crippen LogP contribution in [0.5, 0.6) is 0 Å². The Morgan fingerprint density at radius 3 is 2.79 bits per heavy atom. The molecule has 5 nitrogen and oxygen atoms in total. The van der Waals surface area contributed by atoms with Crippen LogP contribution in [-0.2, 0) is 6.54 Å². The fourth-order valence-corrected chi connectivity index (χ4v) is 2.93. The van der Waals surface area contributed by atoms with Crippen LogP contribution in [0.15, 0.2) is 42.6 Å². The third-order valence-corrected chi connectivity index (χ3v) is 4.32. The van der Waals surface area contributed by atoms with Crippen LogP contribution in [0.25, 0.3) is 10.6 Å². The number of benzene rings is 1. The molecule has 3 N–H and O–H groups in total. The number of hydrogen-bond acceptors (Lipinski definition) is 5. The number of halogens is 2. The molecule has 3 rings (SSSR count). The highest BCUT2D eigenvalue weighted by atomic mass is 32.1.